The second-order valence-electron chi connectivity index (χ2n) is 4.03. The molecule has 0 radical (unpaired) electrons. The van der Waals surface area contributed by atoms with Crippen molar-refractivity contribution in [3.8, 4) is 21.9 Å². The lowest BCUT2D eigenvalue weighted by atomic mass is 10.1. The number of ether oxygens (including phenoxy) is 1. The summed E-state index contributed by atoms with van der Waals surface area (Å²) in [6.07, 6.45) is 0. The third-order valence-corrected chi connectivity index (χ3v) is 4.04. The molecular formula is C15H12O2S. The van der Waals surface area contributed by atoms with Gasteiger partial charge in [0.2, 0.25) is 0 Å². The van der Waals surface area contributed by atoms with Crippen LogP contribution in [0, 0.1) is 0 Å². The molecule has 0 atom stereocenters. The summed E-state index contributed by atoms with van der Waals surface area (Å²) >= 11 is 1.72. The number of phenolic OH excluding ortho intramolecular Hbond substituents is 1. The van der Waals surface area contributed by atoms with E-state index in [0.717, 1.165) is 16.7 Å². The van der Waals surface area contributed by atoms with Crippen molar-refractivity contribution in [2.45, 2.75) is 0 Å². The molecule has 0 bridgehead atoms. The highest BCUT2D eigenvalue weighted by molar-refractivity contribution is 7.22. The molecule has 0 saturated carbocycles. The molecule has 0 saturated heterocycles. The minimum atomic E-state index is 0.289. The number of rotatable bonds is 2. The summed E-state index contributed by atoms with van der Waals surface area (Å²) in [6.45, 7) is 0. The van der Waals surface area contributed by atoms with Crippen molar-refractivity contribution >= 4 is 21.4 Å². The Bertz CT molecular complexity index is 683. The molecule has 2 aromatic carbocycles. The van der Waals surface area contributed by atoms with E-state index >= 15 is 0 Å². The number of thiophene rings is 1. The largest absolute Gasteiger partial charge is 0.508 e. The van der Waals surface area contributed by atoms with Crippen LogP contribution in [-0.4, -0.2) is 12.2 Å². The Labute approximate surface area is 109 Å². The van der Waals surface area contributed by atoms with Gasteiger partial charge in [0, 0.05) is 15.0 Å². The quantitative estimate of drug-likeness (QED) is 0.741. The minimum absolute atomic E-state index is 0.289. The molecule has 3 heteroatoms. The van der Waals surface area contributed by atoms with Crippen LogP contribution in [0.2, 0.25) is 0 Å². The fraction of sp³-hybridized carbons (Fsp3) is 0.0667. The second kappa shape index (κ2) is 4.35. The van der Waals surface area contributed by atoms with Crippen molar-refractivity contribution in [1.82, 2.24) is 0 Å². The molecule has 90 valence electrons. The number of hydrogen-bond donors (Lipinski definition) is 1. The van der Waals surface area contributed by atoms with Crippen LogP contribution in [0.5, 0.6) is 11.5 Å². The first-order valence-electron chi connectivity index (χ1n) is 5.64. The van der Waals surface area contributed by atoms with Gasteiger partial charge in [0.05, 0.1) is 7.11 Å². The van der Waals surface area contributed by atoms with Crippen molar-refractivity contribution in [3.63, 3.8) is 0 Å². The van der Waals surface area contributed by atoms with Crippen molar-refractivity contribution in [1.29, 1.82) is 0 Å². The van der Waals surface area contributed by atoms with Gasteiger partial charge in [0.25, 0.3) is 0 Å². The molecular weight excluding hydrogens is 244 g/mol. The standard InChI is InChI=1S/C15H12O2S/c1-17-13-3-2-4-14-12(13)9-15(18-14)10-5-7-11(16)8-6-10/h2-9,16H,1H3. The Kier molecular flexibility index (Phi) is 2.68. The molecule has 0 spiro atoms. The first-order valence-corrected chi connectivity index (χ1v) is 6.45. The number of benzene rings is 2. The summed E-state index contributed by atoms with van der Waals surface area (Å²) < 4.78 is 6.57. The van der Waals surface area contributed by atoms with Crippen LogP contribution >= 0.6 is 11.3 Å². The zero-order valence-electron chi connectivity index (χ0n) is 9.88. The van der Waals surface area contributed by atoms with Crippen LogP contribution in [0.25, 0.3) is 20.5 Å². The third-order valence-electron chi connectivity index (χ3n) is 2.89. The average Bonchev–Trinajstić information content (AvgIpc) is 2.83. The Morgan fingerprint density at radius 1 is 1.06 bits per heavy atom. The van der Waals surface area contributed by atoms with Crippen LogP contribution in [0.1, 0.15) is 0 Å². The molecule has 0 aliphatic heterocycles. The molecule has 2 nitrogen and oxygen atoms in total. The highest BCUT2D eigenvalue weighted by Gasteiger charge is 2.07. The smallest absolute Gasteiger partial charge is 0.127 e. The van der Waals surface area contributed by atoms with E-state index in [9.17, 15) is 5.11 Å². The Morgan fingerprint density at radius 2 is 1.83 bits per heavy atom. The van der Waals surface area contributed by atoms with Gasteiger partial charge in [-0.3, -0.25) is 0 Å². The van der Waals surface area contributed by atoms with Gasteiger partial charge in [-0.1, -0.05) is 6.07 Å². The highest BCUT2D eigenvalue weighted by Crippen LogP contribution is 2.38. The van der Waals surface area contributed by atoms with E-state index in [1.165, 1.54) is 9.58 Å². The maximum atomic E-state index is 9.31. The van der Waals surface area contributed by atoms with E-state index in [1.807, 2.05) is 24.3 Å². The molecule has 1 heterocycles. The van der Waals surface area contributed by atoms with Gasteiger partial charge in [0.1, 0.15) is 11.5 Å². The van der Waals surface area contributed by atoms with Crippen LogP contribution < -0.4 is 4.74 Å². The molecule has 0 unspecified atom stereocenters. The van der Waals surface area contributed by atoms with Gasteiger partial charge in [-0.2, -0.15) is 0 Å². The fourth-order valence-corrected chi connectivity index (χ4v) is 3.06. The van der Waals surface area contributed by atoms with Crippen LogP contribution in [-0.2, 0) is 0 Å². The van der Waals surface area contributed by atoms with E-state index in [4.69, 9.17) is 4.74 Å². The van der Waals surface area contributed by atoms with Crippen molar-refractivity contribution < 1.29 is 9.84 Å². The SMILES string of the molecule is COc1cccc2sc(-c3ccc(O)cc3)cc12. The van der Waals surface area contributed by atoms with E-state index in [-0.39, 0.29) is 5.75 Å². The normalized spacial score (nSPS) is 10.7. The van der Waals surface area contributed by atoms with Gasteiger partial charge in [0.15, 0.2) is 0 Å². The number of phenols is 1. The van der Waals surface area contributed by atoms with Gasteiger partial charge in [-0.15, -0.1) is 11.3 Å². The van der Waals surface area contributed by atoms with Crippen molar-refractivity contribution in [2.75, 3.05) is 7.11 Å². The number of methoxy groups -OCH3 is 1. The van der Waals surface area contributed by atoms with E-state index < -0.39 is 0 Å². The lowest BCUT2D eigenvalue weighted by molar-refractivity contribution is 0.420. The van der Waals surface area contributed by atoms with E-state index in [0.29, 0.717) is 0 Å². The summed E-state index contributed by atoms with van der Waals surface area (Å²) in [4.78, 5) is 1.18. The minimum Gasteiger partial charge on any atom is -0.508 e. The average molecular weight is 256 g/mol. The zero-order chi connectivity index (χ0) is 12.5. The summed E-state index contributed by atoms with van der Waals surface area (Å²) in [5, 5.41) is 10.4. The van der Waals surface area contributed by atoms with Crippen LogP contribution in [0.15, 0.2) is 48.5 Å². The van der Waals surface area contributed by atoms with Crippen LogP contribution in [0.3, 0.4) is 0 Å². The number of fused-ring (bicyclic) bond motifs is 1. The molecule has 0 aliphatic rings. The molecule has 0 fully saturated rings. The summed E-state index contributed by atoms with van der Waals surface area (Å²) in [7, 11) is 1.69. The predicted molar refractivity (Wildman–Crippen MR) is 75.5 cm³/mol. The molecule has 0 aliphatic carbocycles. The maximum Gasteiger partial charge on any atom is 0.127 e. The predicted octanol–water partition coefficient (Wildman–Crippen LogP) is 4.28. The topological polar surface area (TPSA) is 29.5 Å². The monoisotopic (exact) mass is 256 g/mol. The number of aromatic hydroxyl groups is 1. The third kappa shape index (κ3) is 1.83. The Hall–Kier alpha value is -2.00. The van der Waals surface area contributed by atoms with Gasteiger partial charge < -0.3 is 9.84 Å². The number of hydrogen-bond acceptors (Lipinski definition) is 3. The summed E-state index contributed by atoms with van der Waals surface area (Å²) in [6, 6.07) is 15.4. The Morgan fingerprint density at radius 3 is 2.56 bits per heavy atom. The fourth-order valence-electron chi connectivity index (χ4n) is 1.98. The molecule has 3 aromatic rings. The zero-order valence-corrected chi connectivity index (χ0v) is 10.7. The molecule has 1 aromatic heterocycles. The first kappa shape index (κ1) is 11.1. The van der Waals surface area contributed by atoms with Gasteiger partial charge in [-0.05, 0) is 48.0 Å². The molecule has 18 heavy (non-hydrogen) atoms. The Balaban J connectivity index is 2.16. The molecule has 1 N–H and O–H groups in total. The van der Waals surface area contributed by atoms with E-state index in [1.54, 1.807) is 30.6 Å². The maximum absolute atomic E-state index is 9.31. The highest BCUT2D eigenvalue weighted by atomic mass is 32.1. The van der Waals surface area contributed by atoms with Crippen molar-refractivity contribution in [2.24, 2.45) is 0 Å². The lowest BCUT2D eigenvalue weighted by Crippen LogP contribution is -1.81. The lowest BCUT2D eigenvalue weighted by Gasteiger charge is -1.99. The van der Waals surface area contributed by atoms with Gasteiger partial charge >= 0.3 is 0 Å². The van der Waals surface area contributed by atoms with Gasteiger partial charge in [-0.25, -0.2) is 0 Å². The molecule has 0 amide bonds. The second-order valence-corrected chi connectivity index (χ2v) is 5.11. The van der Waals surface area contributed by atoms with E-state index in [2.05, 4.69) is 12.1 Å². The van der Waals surface area contributed by atoms with Crippen molar-refractivity contribution in [3.05, 3.63) is 48.5 Å². The van der Waals surface area contributed by atoms with Crippen LogP contribution in [0.4, 0.5) is 0 Å². The first-order chi connectivity index (χ1) is 8.78. The summed E-state index contributed by atoms with van der Waals surface area (Å²) in [5.41, 5.74) is 1.11. The molecule has 3 rings (SSSR count). The summed E-state index contributed by atoms with van der Waals surface area (Å²) in [5.74, 6) is 1.19.